The number of ether oxygens (including phenoxy) is 1. The summed E-state index contributed by atoms with van der Waals surface area (Å²) in [5.41, 5.74) is 0.217. The molecule has 3 fully saturated rings. The minimum Gasteiger partial charge on any atom is -0.377 e. The van der Waals surface area contributed by atoms with E-state index >= 15 is 0 Å². The van der Waals surface area contributed by atoms with Crippen molar-refractivity contribution >= 4 is 5.91 Å². The number of hydrogen-bond donors (Lipinski definition) is 1. The molecule has 0 bridgehead atoms. The molecule has 0 spiro atoms. The van der Waals surface area contributed by atoms with Crippen molar-refractivity contribution in [2.45, 2.75) is 64.6 Å². The second-order valence-electron chi connectivity index (χ2n) is 7.41. The summed E-state index contributed by atoms with van der Waals surface area (Å²) in [5, 5.41) is 3.78. The van der Waals surface area contributed by atoms with Gasteiger partial charge in [-0.25, -0.2) is 0 Å². The molecule has 4 nitrogen and oxygen atoms in total. The molecule has 0 aromatic rings. The van der Waals surface area contributed by atoms with Gasteiger partial charge >= 0.3 is 0 Å². The lowest BCUT2D eigenvalue weighted by atomic mass is 9.55. The first-order valence-corrected chi connectivity index (χ1v) is 8.15. The fourth-order valence-corrected chi connectivity index (χ4v) is 4.45. The van der Waals surface area contributed by atoms with E-state index in [0.29, 0.717) is 30.0 Å². The highest BCUT2D eigenvalue weighted by Crippen LogP contribution is 2.51. The van der Waals surface area contributed by atoms with E-state index in [9.17, 15) is 4.79 Å². The summed E-state index contributed by atoms with van der Waals surface area (Å²) >= 11 is 0. The van der Waals surface area contributed by atoms with Crippen LogP contribution in [0.15, 0.2) is 0 Å². The number of amides is 1. The maximum Gasteiger partial charge on any atom is 0.222 e. The Balaban J connectivity index is 1.55. The number of carbonyl (C=O) groups is 1. The Morgan fingerprint density at radius 1 is 1.45 bits per heavy atom. The molecule has 4 heteroatoms. The monoisotopic (exact) mass is 280 g/mol. The van der Waals surface area contributed by atoms with E-state index in [1.165, 1.54) is 12.8 Å². The predicted molar refractivity (Wildman–Crippen MR) is 78.4 cm³/mol. The first-order chi connectivity index (χ1) is 9.50. The van der Waals surface area contributed by atoms with Gasteiger partial charge in [0.05, 0.1) is 6.10 Å². The standard InChI is InChI=1S/C16H28N2O2/c1-11(10-18-8-4-7-13(18)19)17-14-12-6-5-9-20-15(12)16(14,2)3/h11-12,14-15,17H,4-10H2,1-3H3. The lowest BCUT2D eigenvalue weighted by Crippen LogP contribution is -2.70. The molecule has 0 aromatic heterocycles. The average molecular weight is 280 g/mol. The highest BCUT2D eigenvalue weighted by molar-refractivity contribution is 5.78. The minimum absolute atomic E-state index is 0.217. The number of rotatable bonds is 4. The normalized spacial score (nSPS) is 37.5. The van der Waals surface area contributed by atoms with Crippen LogP contribution in [0.5, 0.6) is 0 Å². The number of hydrogen-bond acceptors (Lipinski definition) is 3. The summed E-state index contributed by atoms with van der Waals surface area (Å²) in [6, 6.07) is 0.893. The molecular formula is C16H28N2O2. The van der Waals surface area contributed by atoms with E-state index in [4.69, 9.17) is 4.74 Å². The maximum atomic E-state index is 11.7. The van der Waals surface area contributed by atoms with E-state index < -0.39 is 0 Å². The molecule has 0 aromatic carbocycles. The molecule has 1 aliphatic carbocycles. The van der Waals surface area contributed by atoms with Crippen molar-refractivity contribution in [1.82, 2.24) is 10.2 Å². The highest BCUT2D eigenvalue weighted by atomic mass is 16.5. The quantitative estimate of drug-likeness (QED) is 0.853. The molecule has 1 saturated carbocycles. The van der Waals surface area contributed by atoms with Crippen LogP contribution in [-0.2, 0) is 9.53 Å². The van der Waals surface area contributed by atoms with E-state index in [-0.39, 0.29) is 5.41 Å². The van der Waals surface area contributed by atoms with Crippen LogP contribution in [0.2, 0.25) is 0 Å². The molecule has 3 aliphatic rings. The maximum absolute atomic E-state index is 11.7. The summed E-state index contributed by atoms with van der Waals surface area (Å²) in [4.78, 5) is 13.7. The largest absolute Gasteiger partial charge is 0.377 e. The predicted octanol–water partition coefficient (Wildman–Crippen LogP) is 1.79. The first kappa shape index (κ1) is 14.3. The molecule has 4 atom stereocenters. The Bertz CT molecular complexity index is 383. The molecule has 3 rings (SSSR count). The Hall–Kier alpha value is -0.610. The third-order valence-electron chi connectivity index (χ3n) is 5.46. The fourth-order valence-electron chi connectivity index (χ4n) is 4.45. The van der Waals surface area contributed by atoms with Gasteiger partial charge in [0.15, 0.2) is 0 Å². The number of nitrogens with zero attached hydrogens (tertiary/aromatic N) is 1. The molecule has 4 unspecified atom stereocenters. The topological polar surface area (TPSA) is 41.6 Å². The third kappa shape index (κ3) is 2.37. The summed E-state index contributed by atoms with van der Waals surface area (Å²) < 4.78 is 5.95. The molecule has 2 heterocycles. The van der Waals surface area contributed by atoms with Crippen LogP contribution < -0.4 is 5.32 Å². The van der Waals surface area contributed by atoms with Crippen LogP contribution in [0.4, 0.5) is 0 Å². The SMILES string of the molecule is CC(CN1CCCC1=O)NC1C2CCCOC2C1(C)C. The Morgan fingerprint density at radius 3 is 2.95 bits per heavy atom. The zero-order valence-electron chi connectivity index (χ0n) is 13.0. The number of likely N-dealkylation sites (tertiary alicyclic amines) is 1. The summed E-state index contributed by atoms with van der Waals surface area (Å²) in [6.45, 7) is 9.54. The zero-order valence-corrected chi connectivity index (χ0v) is 13.0. The van der Waals surface area contributed by atoms with Crippen molar-refractivity contribution in [2.24, 2.45) is 11.3 Å². The summed E-state index contributed by atoms with van der Waals surface area (Å²) in [5.74, 6) is 0.987. The van der Waals surface area contributed by atoms with Gasteiger partial charge in [0.25, 0.3) is 0 Å². The van der Waals surface area contributed by atoms with Crippen LogP contribution in [0.25, 0.3) is 0 Å². The van der Waals surface area contributed by atoms with Crippen LogP contribution in [0.3, 0.4) is 0 Å². The lowest BCUT2D eigenvalue weighted by Gasteiger charge is -2.60. The van der Waals surface area contributed by atoms with E-state index in [2.05, 4.69) is 26.1 Å². The Morgan fingerprint density at radius 2 is 2.25 bits per heavy atom. The van der Waals surface area contributed by atoms with Gasteiger partial charge < -0.3 is 15.0 Å². The van der Waals surface area contributed by atoms with Crippen molar-refractivity contribution in [3.63, 3.8) is 0 Å². The molecule has 20 heavy (non-hydrogen) atoms. The smallest absolute Gasteiger partial charge is 0.222 e. The molecule has 1 amide bonds. The van der Waals surface area contributed by atoms with Gasteiger partial charge in [-0.05, 0) is 26.2 Å². The van der Waals surface area contributed by atoms with Gasteiger partial charge in [-0.2, -0.15) is 0 Å². The van der Waals surface area contributed by atoms with Crippen molar-refractivity contribution in [3.05, 3.63) is 0 Å². The molecule has 114 valence electrons. The Labute approximate surface area is 122 Å². The second kappa shape index (κ2) is 5.30. The summed E-state index contributed by atoms with van der Waals surface area (Å²) in [7, 11) is 0. The van der Waals surface area contributed by atoms with Crippen LogP contribution in [0, 0.1) is 11.3 Å². The van der Waals surface area contributed by atoms with Crippen molar-refractivity contribution in [2.75, 3.05) is 19.7 Å². The molecule has 2 saturated heterocycles. The number of nitrogens with one attached hydrogen (secondary N) is 1. The van der Waals surface area contributed by atoms with Gasteiger partial charge in [-0.1, -0.05) is 13.8 Å². The summed E-state index contributed by atoms with van der Waals surface area (Å²) in [6.07, 6.45) is 4.66. The highest BCUT2D eigenvalue weighted by Gasteiger charge is 2.57. The Kier molecular flexibility index (Phi) is 3.80. The molecular weight excluding hydrogens is 252 g/mol. The van der Waals surface area contributed by atoms with Crippen molar-refractivity contribution in [1.29, 1.82) is 0 Å². The van der Waals surface area contributed by atoms with Gasteiger partial charge in [-0.15, -0.1) is 0 Å². The number of fused-ring (bicyclic) bond motifs is 1. The average Bonchev–Trinajstić information content (AvgIpc) is 2.82. The molecule has 1 N–H and O–H groups in total. The number of carbonyl (C=O) groups excluding carboxylic acids is 1. The lowest BCUT2D eigenvalue weighted by molar-refractivity contribution is -0.194. The van der Waals surface area contributed by atoms with Gasteiger partial charge in [0.2, 0.25) is 5.91 Å². The van der Waals surface area contributed by atoms with Gasteiger partial charge in [0.1, 0.15) is 0 Å². The van der Waals surface area contributed by atoms with E-state index in [1.807, 2.05) is 4.90 Å². The van der Waals surface area contributed by atoms with Crippen LogP contribution in [-0.4, -0.2) is 48.7 Å². The second-order valence-corrected chi connectivity index (χ2v) is 7.41. The fraction of sp³-hybridized carbons (Fsp3) is 0.938. The molecule has 2 aliphatic heterocycles. The zero-order chi connectivity index (χ0) is 14.3. The van der Waals surface area contributed by atoms with Crippen molar-refractivity contribution < 1.29 is 9.53 Å². The van der Waals surface area contributed by atoms with Crippen LogP contribution in [0.1, 0.15) is 46.5 Å². The van der Waals surface area contributed by atoms with Gasteiger partial charge in [0, 0.05) is 49.5 Å². The third-order valence-corrected chi connectivity index (χ3v) is 5.46. The van der Waals surface area contributed by atoms with Crippen molar-refractivity contribution in [3.8, 4) is 0 Å². The first-order valence-electron chi connectivity index (χ1n) is 8.15. The molecule has 0 radical (unpaired) electrons. The van der Waals surface area contributed by atoms with E-state index in [1.54, 1.807) is 0 Å². The van der Waals surface area contributed by atoms with Crippen LogP contribution >= 0.6 is 0 Å². The van der Waals surface area contributed by atoms with E-state index in [0.717, 1.165) is 32.5 Å². The minimum atomic E-state index is 0.217. The van der Waals surface area contributed by atoms with Gasteiger partial charge in [-0.3, -0.25) is 4.79 Å².